The molecular weight excluding hydrogens is 212 g/mol. The Morgan fingerprint density at radius 1 is 1.35 bits per heavy atom. The van der Waals surface area contributed by atoms with Crippen LogP contribution in [0.4, 0.5) is 0 Å². The summed E-state index contributed by atoms with van der Waals surface area (Å²) in [6, 6.07) is 0. The zero-order valence-corrected chi connectivity index (χ0v) is 12.0. The second-order valence-corrected chi connectivity index (χ2v) is 6.87. The molecule has 0 aromatic rings. The van der Waals surface area contributed by atoms with Crippen LogP contribution in [0.15, 0.2) is 0 Å². The molecule has 3 heteroatoms. The largest absolute Gasteiger partial charge is 0.389 e. The Kier molecular flexibility index (Phi) is 4.99. The predicted molar refractivity (Wildman–Crippen MR) is 72.9 cm³/mol. The Labute approximate surface area is 106 Å². The van der Waals surface area contributed by atoms with Crippen LogP contribution in [0.25, 0.3) is 0 Å². The number of nitrogens with two attached hydrogens (primary N) is 1. The van der Waals surface area contributed by atoms with Gasteiger partial charge in [-0.05, 0) is 51.6 Å². The average Bonchev–Trinajstić information content (AvgIpc) is 2.19. The maximum atomic E-state index is 9.84. The lowest BCUT2D eigenvalue weighted by Gasteiger charge is -2.42. The van der Waals surface area contributed by atoms with Crippen molar-refractivity contribution in [3.63, 3.8) is 0 Å². The number of rotatable bonds is 5. The molecule has 0 aromatic carbocycles. The lowest BCUT2D eigenvalue weighted by molar-refractivity contribution is 0.0219. The quantitative estimate of drug-likeness (QED) is 0.773. The summed E-state index contributed by atoms with van der Waals surface area (Å²) < 4.78 is 0. The van der Waals surface area contributed by atoms with E-state index >= 15 is 0 Å². The van der Waals surface area contributed by atoms with Crippen molar-refractivity contribution in [2.24, 2.45) is 17.1 Å². The standard InChI is InChI=1S/C14H30N2O/c1-12-5-7-14(9-15,8-6-12)11-16(4)10-13(2,3)17/h12,17H,5-11,15H2,1-4H3. The first-order valence-electron chi connectivity index (χ1n) is 6.87. The highest BCUT2D eigenvalue weighted by molar-refractivity contribution is 4.88. The van der Waals surface area contributed by atoms with Crippen molar-refractivity contribution in [3.8, 4) is 0 Å². The highest BCUT2D eigenvalue weighted by Crippen LogP contribution is 2.38. The molecule has 0 heterocycles. The fourth-order valence-electron chi connectivity index (χ4n) is 3.09. The molecule has 3 nitrogen and oxygen atoms in total. The first-order valence-corrected chi connectivity index (χ1v) is 6.87. The van der Waals surface area contributed by atoms with Crippen molar-refractivity contribution < 1.29 is 5.11 Å². The van der Waals surface area contributed by atoms with E-state index in [4.69, 9.17) is 5.73 Å². The summed E-state index contributed by atoms with van der Waals surface area (Å²) in [6.07, 6.45) is 5.07. The molecule has 0 unspecified atom stereocenters. The second kappa shape index (κ2) is 5.68. The van der Waals surface area contributed by atoms with Crippen LogP contribution in [-0.4, -0.2) is 42.3 Å². The lowest BCUT2D eigenvalue weighted by Crippen LogP contribution is -2.47. The Morgan fingerprint density at radius 2 is 1.88 bits per heavy atom. The van der Waals surface area contributed by atoms with E-state index in [2.05, 4.69) is 18.9 Å². The molecule has 0 spiro atoms. The number of hydrogen-bond donors (Lipinski definition) is 2. The van der Waals surface area contributed by atoms with Crippen LogP contribution in [0.5, 0.6) is 0 Å². The minimum Gasteiger partial charge on any atom is -0.389 e. The van der Waals surface area contributed by atoms with Crippen molar-refractivity contribution >= 4 is 0 Å². The summed E-state index contributed by atoms with van der Waals surface area (Å²) in [4.78, 5) is 2.24. The van der Waals surface area contributed by atoms with Gasteiger partial charge in [0.05, 0.1) is 5.60 Å². The SMILES string of the molecule is CC1CCC(CN)(CN(C)CC(C)(C)O)CC1. The molecule has 1 fully saturated rings. The van der Waals surface area contributed by atoms with Crippen LogP contribution in [0, 0.1) is 11.3 Å². The van der Waals surface area contributed by atoms with Gasteiger partial charge in [0.1, 0.15) is 0 Å². The number of nitrogens with zero attached hydrogens (tertiary/aromatic N) is 1. The third kappa shape index (κ3) is 4.94. The molecule has 17 heavy (non-hydrogen) atoms. The van der Waals surface area contributed by atoms with Crippen molar-refractivity contribution in [2.75, 3.05) is 26.7 Å². The molecule has 0 radical (unpaired) electrons. The molecular formula is C14H30N2O. The third-order valence-corrected chi connectivity index (χ3v) is 4.03. The van der Waals surface area contributed by atoms with E-state index in [9.17, 15) is 5.11 Å². The molecule has 3 N–H and O–H groups in total. The molecule has 1 aliphatic rings. The highest BCUT2D eigenvalue weighted by atomic mass is 16.3. The van der Waals surface area contributed by atoms with Gasteiger partial charge in [0.2, 0.25) is 0 Å². The smallest absolute Gasteiger partial charge is 0.0718 e. The van der Waals surface area contributed by atoms with Gasteiger partial charge in [0, 0.05) is 13.1 Å². The van der Waals surface area contributed by atoms with E-state index in [1.807, 2.05) is 13.8 Å². The van der Waals surface area contributed by atoms with E-state index < -0.39 is 5.60 Å². The molecule has 1 saturated carbocycles. The molecule has 1 aliphatic carbocycles. The number of hydrogen-bond acceptors (Lipinski definition) is 3. The predicted octanol–water partition coefficient (Wildman–Crippen LogP) is 1.84. The van der Waals surface area contributed by atoms with Crippen molar-refractivity contribution in [2.45, 2.75) is 52.1 Å². The molecule has 0 amide bonds. The van der Waals surface area contributed by atoms with Crippen LogP contribution in [0.1, 0.15) is 46.5 Å². The third-order valence-electron chi connectivity index (χ3n) is 4.03. The Morgan fingerprint density at radius 3 is 2.29 bits per heavy atom. The Balaban J connectivity index is 2.51. The van der Waals surface area contributed by atoms with Gasteiger partial charge in [0.25, 0.3) is 0 Å². The van der Waals surface area contributed by atoms with E-state index in [-0.39, 0.29) is 5.41 Å². The first kappa shape index (κ1) is 14.9. The minimum atomic E-state index is -0.619. The van der Waals surface area contributed by atoms with E-state index in [0.717, 1.165) is 19.0 Å². The summed E-state index contributed by atoms with van der Waals surface area (Å²) in [5.74, 6) is 0.856. The number of aliphatic hydroxyl groups is 1. The summed E-state index contributed by atoms with van der Waals surface area (Å²) in [5, 5.41) is 9.84. The van der Waals surface area contributed by atoms with Crippen LogP contribution in [0.3, 0.4) is 0 Å². The molecule has 0 aliphatic heterocycles. The molecule has 0 bridgehead atoms. The fourth-order valence-corrected chi connectivity index (χ4v) is 3.09. The minimum absolute atomic E-state index is 0.284. The van der Waals surface area contributed by atoms with Crippen LogP contribution in [0.2, 0.25) is 0 Å². The highest BCUT2D eigenvalue weighted by Gasteiger charge is 2.34. The van der Waals surface area contributed by atoms with Crippen molar-refractivity contribution in [3.05, 3.63) is 0 Å². The zero-order valence-electron chi connectivity index (χ0n) is 12.0. The maximum Gasteiger partial charge on any atom is 0.0718 e. The van der Waals surface area contributed by atoms with Gasteiger partial charge in [-0.2, -0.15) is 0 Å². The van der Waals surface area contributed by atoms with Gasteiger partial charge in [0.15, 0.2) is 0 Å². The van der Waals surface area contributed by atoms with Gasteiger partial charge in [-0.25, -0.2) is 0 Å². The summed E-state index contributed by atoms with van der Waals surface area (Å²) in [7, 11) is 2.09. The maximum absolute atomic E-state index is 9.84. The van der Waals surface area contributed by atoms with Crippen molar-refractivity contribution in [1.82, 2.24) is 4.90 Å². The molecule has 0 aromatic heterocycles. The van der Waals surface area contributed by atoms with Gasteiger partial charge in [-0.3, -0.25) is 0 Å². The van der Waals surface area contributed by atoms with Crippen LogP contribution >= 0.6 is 0 Å². The molecule has 0 saturated heterocycles. The van der Waals surface area contributed by atoms with Crippen LogP contribution in [-0.2, 0) is 0 Å². The molecule has 0 atom stereocenters. The topological polar surface area (TPSA) is 49.5 Å². The fraction of sp³-hybridized carbons (Fsp3) is 1.00. The zero-order chi connectivity index (χ0) is 13.1. The Bertz CT molecular complexity index is 227. The van der Waals surface area contributed by atoms with Gasteiger partial charge in [-0.1, -0.05) is 19.8 Å². The normalized spacial score (nSPS) is 30.9. The molecule has 1 rings (SSSR count). The van der Waals surface area contributed by atoms with E-state index in [1.165, 1.54) is 25.7 Å². The van der Waals surface area contributed by atoms with Crippen molar-refractivity contribution in [1.29, 1.82) is 0 Å². The summed E-state index contributed by atoms with van der Waals surface area (Å²) >= 11 is 0. The lowest BCUT2D eigenvalue weighted by atomic mass is 9.70. The second-order valence-electron chi connectivity index (χ2n) is 6.87. The summed E-state index contributed by atoms with van der Waals surface area (Å²) in [5.41, 5.74) is 5.67. The van der Waals surface area contributed by atoms with Crippen LogP contribution < -0.4 is 5.73 Å². The van der Waals surface area contributed by atoms with Gasteiger partial charge >= 0.3 is 0 Å². The van der Waals surface area contributed by atoms with E-state index in [1.54, 1.807) is 0 Å². The van der Waals surface area contributed by atoms with Gasteiger partial charge < -0.3 is 15.7 Å². The Hall–Kier alpha value is -0.120. The molecule has 102 valence electrons. The van der Waals surface area contributed by atoms with E-state index in [0.29, 0.717) is 6.54 Å². The summed E-state index contributed by atoms with van der Waals surface area (Å²) in [6.45, 7) is 8.56. The first-order chi connectivity index (χ1) is 7.76. The number of likely N-dealkylation sites (N-methyl/N-ethyl adjacent to an activating group) is 1. The average molecular weight is 242 g/mol. The van der Waals surface area contributed by atoms with Gasteiger partial charge in [-0.15, -0.1) is 0 Å². The monoisotopic (exact) mass is 242 g/mol.